The molecule has 1 fully saturated rings. The van der Waals surface area contributed by atoms with Gasteiger partial charge in [0.1, 0.15) is 6.10 Å². The first-order valence-corrected chi connectivity index (χ1v) is 6.93. The summed E-state index contributed by atoms with van der Waals surface area (Å²) in [5.74, 6) is 2.31. The van der Waals surface area contributed by atoms with Crippen LogP contribution in [0.1, 0.15) is 44.4 Å². The number of hydrogen-bond acceptors (Lipinski definition) is 3. The molecule has 0 spiro atoms. The van der Waals surface area contributed by atoms with Crippen molar-refractivity contribution in [2.24, 2.45) is 17.6 Å². The van der Waals surface area contributed by atoms with Crippen LogP contribution >= 0.6 is 0 Å². The zero-order chi connectivity index (χ0) is 13.1. The Morgan fingerprint density at radius 3 is 2.67 bits per heavy atom. The summed E-state index contributed by atoms with van der Waals surface area (Å²) in [6.45, 7) is 7.17. The van der Waals surface area contributed by atoms with Gasteiger partial charge in [-0.25, -0.2) is 4.98 Å². The molecule has 1 aliphatic carbocycles. The molecule has 0 radical (unpaired) electrons. The van der Waals surface area contributed by atoms with Crippen molar-refractivity contribution in [3.8, 4) is 5.88 Å². The van der Waals surface area contributed by atoms with Gasteiger partial charge in [-0.2, -0.15) is 0 Å². The molecule has 100 valence electrons. The first-order valence-electron chi connectivity index (χ1n) is 6.93. The van der Waals surface area contributed by atoms with Gasteiger partial charge in [0, 0.05) is 18.3 Å². The topological polar surface area (TPSA) is 48.1 Å². The molecular formula is C15H24N2O. The quantitative estimate of drug-likeness (QED) is 0.894. The highest BCUT2D eigenvalue weighted by Gasteiger charge is 2.25. The van der Waals surface area contributed by atoms with Gasteiger partial charge in [-0.1, -0.05) is 19.9 Å². The van der Waals surface area contributed by atoms with Gasteiger partial charge in [0.15, 0.2) is 0 Å². The molecule has 0 amide bonds. The van der Waals surface area contributed by atoms with Crippen LogP contribution in [0.2, 0.25) is 0 Å². The van der Waals surface area contributed by atoms with Crippen molar-refractivity contribution >= 4 is 0 Å². The minimum absolute atomic E-state index is 0.326. The minimum atomic E-state index is 0.326. The lowest BCUT2D eigenvalue weighted by atomic mass is 9.80. The highest BCUT2D eigenvalue weighted by Crippen LogP contribution is 2.31. The first kappa shape index (κ1) is 13.3. The molecule has 0 aromatic carbocycles. The lowest BCUT2D eigenvalue weighted by Gasteiger charge is -2.32. The maximum atomic E-state index is 6.00. The third kappa shape index (κ3) is 3.02. The molecule has 1 aromatic heterocycles. The second-order valence-corrected chi connectivity index (χ2v) is 5.61. The maximum Gasteiger partial charge on any atom is 0.213 e. The van der Waals surface area contributed by atoms with Gasteiger partial charge in [0.25, 0.3) is 0 Å². The van der Waals surface area contributed by atoms with Gasteiger partial charge < -0.3 is 10.5 Å². The Hall–Kier alpha value is -1.09. The molecule has 1 aliphatic rings. The molecule has 2 N–H and O–H groups in total. The number of nitrogens with two attached hydrogens (primary N) is 1. The normalized spacial score (nSPS) is 28.1. The predicted molar refractivity (Wildman–Crippen MR) is 73.5 cm³/mol. The summed E-state index contributed by atoms with van der Waals surface area (Å²) in [4.78, 5) is 4.48. The van der Waals surface area contributed by atoms with Crippen LogP contribution < -0.4 is 10.5 Å². The van der Waals surface area contributed by atoms with Crippen LogP contribution in [0, 0.1) is 18.8 Å². The third-order valence-electron chi connectivity index (χ3n) is 4.23. The summed E-state index contributed by atoms with van der Waals surface area (Å²) in [7, 11) is 0. The minimum Gasteiger partial charge on any atom is -0.474 e. The van der Waals surface area contributed by atoms with Gasteiger partial charge in [0.05, 0.1) is 0 Å². The summed E-state index contributed by atoms with van der Waals surface area (Å²) in [5, 5.41) is 0. The lowest BCUT2D eigenvalue weighted by Crippen LogP contribution is -2.29. The van der Waals surface area contributed by atoms with Crippen molar-refractivity contribution < 1.29 is 4.74 Å². The van der Waals surface area contributed by atoms with E-state index in [-0.39, 0.29) is 0 Å². The number of ether oxygens (including phenoxy) is 1. The first-order chi connectivity index (χ1) is 8.60. The van der Waals surface area contributed by atoms with E-state index in [9.17, 15) is 0 Å². The second-order valence-electron chi connectivity index (χ2n) is 5.61. The summed E-state index contributed by atoms with van der Waals surface area (Å²) >= 11 is 0. The van der Waals surface area contributed by atoms with E-state index in [1.165, 1.54) is 6.42 Å². The number of hydrogen-bond donors (Lipinski definition) is 1. The Morgan fingerprint density at radius 1 is 1.28 bits per heavy atom. The van der Waals surface area contributed by atoms with Gasteiger partial charge in [-0.15, -0.1) is 0 Å². The molecule has 0 saturated heterocycles. The second kappa shape index (κ2) is 5.70. The Bertz CT molecular complexity index is 405. The van der Waals surface area contributed by atoms with Crippen molar-refractivity contribution in [3.63, 3.8) is 0 Å². The van der Waals surface area contributed by atoms with E-state index >= 15 is 0 Å². The van der Waals surface area contributed by atoms with Crippen molar-refractivity contribution in [2.75, 3.05) is 0 Å². The van der Waals surface area contributed by atoms with Crippen LogP contribution in [0.25, 0.3) is 0 Å². The van der Waals surface area contributed by atoms with E-state index in [0.29, 0.717) is 12.6 Å². The monoisotopic (exact) mass is 248 g/mol. The summed E-state index contributed by atoms with van der Waals surface area (Å²) in [6.07, 6.45) is 3.86. The fourth-order valence-corrected chi connectivity index (χ4v) is 2.62. The fraction of sp³-hybridized carbons (Fsp3) is 0.667. The molecule has 1 aromatic rings. The van der Waals surface area contributed by atoms with Gasteiger partial charge in [0.2, 0.25) is 5.88 Å². The maximum absolute atomic E-state index is 6.00. The van der Waals surface area contributed by atoms with Gasteiger partial charge in [-0.3, -0.25) is 0 Å². The largest absolute Gasteiger partial charge is 0.474 e. The Balaban J connectivity index is 1.99. The van der Waals surface area contributed by atoms with Crippen molar-refractivity contribution in [3.05, 3.63) is 23.4 Å². The molecule has 3 heteroatoms. The molecule has 3 atom stereocenters. The van der Waals surface area contributed by atoms with Crippen LogP contribution in [0.4, 0.5) is 0 Å². The predicted octanol–water partition coefficient (Wildman–Crippen LogP) is 3.05. The van der Waals surface area contributed by atoms with E-state index in [2.05, 4.69) is 18.8 Å². The molecule has 0 aliphatic heterocycles. The standard InChI is InChI=1S/C15H24N2O/c1-10-4-6-14(8-11(10)2)18-15-7-5-13(9-16)12(3)17-15/h5,7,10-11,14H,4,6,8-9,16H2,1-3H3. The van der Waals surface area contributed by atoms with E-state index in [1.807, 2.05) is 19.1 Å². The fourth-order valence-electron chi connectivity index (χ4n) is 2.62. The summed E-state index contributed by atoms with van der Waals surface area (Å²) in [6, 6.07) is 3.96. The zero-order valence-electron chi connectivity index (χ0n) is 11.6. The zero-order valence-corrected chi connectivity index (χ0v) is 11.6. The molecule has 18 heavy (non-hydrogen) atoms. The molecule has 1 saturated carbocycles. The molecule has 1 heterocycles. The SMILES string of the molecule is Cc1nc(OC2CCC(C)C(C)C2)ccc1CN. The third-order valence-corrected chi connectivity index (χ3v) is 4.23. The average Bonchev–Trinajstić information content (AvgIpc) is 2.34. The Morgan fingerprint density at radius 2 is 2.06 bits per heavy atom. The van der Waals surface area contributed by atoms with Crippen LogP contribution in [-0.4, -0.2) is 11.1 Å². The van der Waals surface area contributed by atoms with E-state index < -0.39 is 0 Å². The highest BCUT2D eigenvalue weighted by molar-refractivity contribution is 5.24. The van der Waals surface area contributed by atoms with E-state index in [4.69, 9.17) is 10.5 Å². The van der Waals surface area contributed by atoms with Crippen LogP contribution in [0.3, 0.4) is 0 Å². The van der Waals surface area contributed by atoms with Crippen LogP contribution in [0.15, 0.2) is 12.1 Å². The number of aromatic nitrogens is 1. The molecule has 3 unspecified atom stereocenters. The summed E-state index contributed by atoms with van der Waals surface area (Å²) in [5.41, 5.74) is 7.71. The number of pyridine rings is 1. The molecular weight excluding hydrogens is 224 g/mol. The van der Waals surface area contributed by atoms with Crippen molar-refractivity contribution in [1.29, 1.82) is 0 Å². The Kier molecular flexibility index (Phi) is 4.23. The smallest absolute Gasteiger partial charge is 0.213 e. The van der Waals surface area contributed by atoms with Gasteiger partial charge >= 0.3 is 0 Å². The van der Waals surface area contributed by atoms with Crippen molar-refractivity contribution in [1.82, 2.24) is 4.98 Å². The van der Waals surface area contributed by atoms with E-state index in [0.717, 1.165) is 41.8 Å². The lowest BCUT2D eigenvalue weighted by molar-refractivity contribution is 0.0963. The van der Waals surface area contributed by atoms with Gasteiger partial charge in [-0.05, 0) is 43.6 Å². The number of aryl methyl sites for hydroxylation is 1. The van der Waals surface area contributed by atoms with E-state index in [1.54, 1.807) is 0 Å². The van der Waals surface area contributed by atoms with Crippen LogP contribution in [0.5, 0.6) is 5.88 Å². The Labute approximate surface area is 110 Å². The number of rotatable bonds is 3. The van der Waals surface area contributed by atoms with Crippen molar-refractivity contribution in [2.45, 2.75) is 52.7 Å². The summed E-state index contributed by atoms with van der Waals surface area (Å²) < 4.78 is 6.00. The van der Waals surface area contributed by atoms with Crippen LogP contribution in [-0.2, 0) is 6.54 Å². The molecule has 0 bridgehead atoms. The highest BCUT2D eigenvalue weighted by atomic mass is 16.5. The number of nitrogens with zero attached hydrogens (tertiary/aromatic N) is 1. The average molecular weight is 248 g/mol. The molecule has 2 rings (SSSR count). The molecule has 3 nitrogen and oxygen atoms in total.